The van der Waals surface area contributed by atoms with Crippen molar-refractivity contribution in [1.82, 2.24) is 4.90 Å². The normalized spacial score (nSPS) is 16.2. The molecular formula is C29H32N2O2. The van der Waals surface area contributed by atoms with Crippen molar-refractivity contribution in [2.45, 2.75) is 25.4 Å². The third-order valence-corrected chi connectivity index (χ3v) is 6.71. The molecule has 1 fully saturated rings. The van der Waals surface area contributed by atoms with Gasteiger partial charge in [-0.3, -0.25) is 0 Å². The van der Waals surface area contributed by atoms with Gasteiger partial charge in [0, 0.05) is 12.5 Å². The van der Waals surface area contributed by atoms with Gasteiger partial charge >= 0.3 is 0 Å². The number of ether oxygens (including phenoxy) is 1. The Balaban J connectivity index is 1.37. The number of aliphatic hydroxyl groups is 1. The maximum Gasteiger partial charge on any atom is 0.137 e. The Bertz CT molecular complexity index is 1010. The summed E-state index contributed by atoms with van der Waals surface area (Å²) in [5.41, 5.74) is 1.52. The van der Waals surface area contributed by atoms with Crippen molar-refractivity contribution in [3.05, 3.63) is 102 Å². The van der Waals surface area contributed by atoms with E-state index in [4.69, 9.17) is 4.74 Å². The van der Waals surface area contributed by atoms with Crippen LogP contribution in [0.25, 0.3) is 0 Å². The Morgan fingerprint density at radius 2 is 1.48 bits per heavy atom. The van der Waals surface area contributed by atoms with E-state index in [0.717, 1.165) is 43.6 Å². The molecule has 0 aliphatic carbocycles. The molecule has 0 amide bonds. The molecule has 3 aromatic carbocycles. The number of nitrogens with zero attached hydrogens (tertiary/aromatic N) is 2. The number of nitriles is 1. The summed E-state index contributed by atoms with van der Waals surface area (Å²) in [5.74, 6) is 1.16. The molecule has 1 heterocycles. The maximum atomic E-state index is 12.0. The number of likely N-dealkylation sites (tertiary alicyclic amines) is 1. The highest BCUT2D eigenvalue weighted by Crippen LogP contribution is 2.41. The topological polar surface area (TPSA) is 56.5 Å². The van der Waals surface area contributed by atoms with Crippen molar-refractivity contribution in [2.75, 3.05) is 26.2 Å². The fraction of sp³-hybridized carbons (Fsp3) is 0.345. The monoisotopic (exact) mass is 440 g/mol. The Kier molecular flexibility index (Phi) is 7.44. The summed E-state index contributed by atoms with van der Waals surface area (Å²) in [6.07, 6.45) is 1.87. The quantitative estimate of drug-likeness (QED) is 0.522. The zero-order valence-corrected chi connectivity index (χ0v) is 19.2. The van der Waals surface area contributed by atoms with Gasteiger partial charge < -0.3 is 14.7 Å². The van der Waals surface area contributed by atoms with Gasteiger partial charge in [0.1, 0.15) is 17.4 Å². The number of hydrogen-bond acceptors (Lipinski definition) is 4. The van der Waals surface area contributed by atoms with Crippen molar-refractivity contribution in [3.8, 4) is 11.8 Å². The van der Waals surface area contributed by atoms with Gasteiger partial charge in [-0.05, 0) is 55.1 Å². The van der Waals surface area contributed by atoms with Gasteiger partial charge in [0.15, 0.2) is 0 Å². The van der Waals surface area contributed by atoms with Crippen LogP contribution in [0.2, 0.25) is 0 Å². The van der Waals surface area contributed by atoms with Crippen LogP contribution < -0.4 is 4.74 Å². The highest BCUT2D eigenvalue weighted by molar-refractivity contribution is 5.42. The minimum atomic E-state index is -0.982. The molecular weight excluding hydrogens is 408 g/mol. The number of piperidine rings is 1. The summed E-state index contributed by atoms with van der Waals surface area (Å²) in [4.78, 5) is 2.47. The first kappa shape index (κ1) is 23.0. The molecule has 0 spiro atoms. The molecule has 1 aliphatic heterocycles. The number of hydrogen-bond donors (Lipinski definition) is 1. The lowest BCUT2D eigenvalue weighted by molar-refractivity contribution is -0.0164. The zero-order valence-electron chi connectivity index (χ0n) is 19.2. The van der Waals surface area contributed by atoms with E-state index in [0.29, 0.717) is 23.8 Å². The average molecular weight is 441 g/mol. The van der Waals surface area contributed by atoms with Crippen LogP contribution >= 0.6 is 0 Å². The molecule has 1 saturated heterocycles. The lowest BCUT2D eigenvalue weighted by atomic mass is 9.72. The summed E-state index contributed by atoms with van der Waals surface area (Å²) in [6, 6.07) is 29.7. The summed E-state index contributed by atoms with van der Waals surface area (Å²) in [5, 5.41) is 21.3. The molecule has 1 aliphatic rings. The van der Waals surface area contributed by atoms with Crippen LogP contribution in [0, 0.1) is 23.2 Å². The van der Waals surface area contributed by atoms with Gasteiger partial charge in [-0.25, -0.2) is 0 Å². The van der Waals surface area contributed by atoms with Gasteiger partial charge in [-0.1, -0.05) is 79.7 Å². The summed E-state index contributed by atoms with van der Waals surface area (Å²) in [7, 11) is 0. The fourth-order valence-electron chi connectivity index (χ4n) is 4.97. The summed E-state index contributed by atoms with van der Waals surface area (Å²) < 4.78 is 5.93. The predicted octanol–water partition coefficient (Wildman–Crippen LogP) is 5.22. The van der Waals surface area contributed by atoms with E-state index in [1.54, 1.807) is 6.07 Å². The van der Waals surface area contributed by atoms with Gasteiger partial charge in [0.25, 0.3) is 0 Å². The summed E-state index contributed by atoms with van der Waals surface area (Å²) >= 11 is 0. The standard InChI is InChI=1S/C29H32N2O2/c1-23(22-33-28-15-9-8-10-24(28)20-30)21-31-18-16-27(17-19-31)29(32,25-11-4-2-5-12-25)26-13-6-3-7-14-26/h2-15,23,27,32H,16-19,21-22H2,1H3. The van der Waals surface area contributed by atoms with Crippen molar-refractivity contribution in [3.63, 3.8) is 0 Å². The lowest BCUT2D eigenvalue weighted by Crippen LogP contribution is -2.45. The number of benzene rings is 3. The van der Waals surface area contributed by atoms with Crippen molar-refractivity contribution >= 4 is 0 Å². The van der Waals surface area contributed by atoms with Crippen LogP contribution in [0.3, 0.4) is 0 Å². The van der Waals surface area contributed by atoms with Gasteiger partial charge in [0.2, 0.25) is 0 Å². The minimum absolute atomic E-state index is 0.160. The first-order chi connectivity index (χ1) is 16.1. The van der Waals surface area contributed by atoms with E-state index in [1.807, 2.05) is 78.9 Å². The molecule has 0 saturated carbocycles. The molecule has 170 valence electrons. The van der Waals surface area contributed by atoms with Crippen molar-refractivity contribution in [1.29, 1.82) is 5.26 Å². The summed E-state index contributed by atoms with van der Waals surface area (Å²) in [6.45, 7) is 5.61. The second-order valence-electron chi connectivity index (χ2n) is 9.10. The van der Waals surface area contributed by atoms with E-state index in [1.165, 1.54) is 0 Å². The lowest BCUT2D eigenvalue weighted by Gasteiger charge is -2.42. The van der Waals surface area contributed by atoms with E-state index in [9.17, 15) is 10.4 Å². The van der Waals surface area contributed by atoms with Gasteiger partial charge in [-0.2, -0.15) is 5.26 Å². The van der Waals surface area contributed by atoms with Crippen LogP contribution in [0.1, 0.15) is 36.5 Å². The van der Waals surface area contributed by atoms with Crippen LogP contribution in [0.15, 0.2) is 84.9 Å². The number of rotatable bonds is 8. The predicted molar refractivity (Wildman–Crippen MR) is 131 cm³/mol. The SMILES string of the molecule is CC(COc1ccccc1C#N)CN1CCC(C(O)(c2ccccc2)c2ccccc2)CC1. The maximum absolute atomic E-state index is 12.0. The third-order valence-electron chi connectivity index (χ3n) is 6.71. The molecule has 33 heavy (non-hydrogen) atoms. The Morgan fingerprint density at radius 3 is 2.06 bits per heavy atom. The second-order valence-corrected chi connectivity index (χ2v) is 9.10. The molecule has 1 unspecified atom stereocenters. The molecule has 0 aromatic heterocycles. The van der Waals surface area contributed by atoms with Crippen LogP contribution in [-0.4, -0.2) is 36.2 Å². The van der Waals surface area contributed by atoms with E-state index < -0.39 is 5.60 Å². The van der Waals surface area contributed by atoms with Crippen molar-refractivity contribution < 1.29 is 9.84 Å². The highest BCUT2D eigenvalue weighted by atomic mass is 16.5. The molecule has 4 rings (SSSR count). The first-order valence-electron chi connectivity index (χ1n) is 11.8. The molecule has 3 aromatic rings. The molecule has 4 nitrogen and oxygen atoms in total. The van der Waals surface area contributed by atoms with Gasteiger partial charge in [0.05, 0.1) is 12.2 Å². The Hall–Kier alpha value is -3.13. The Labute approximate surface area is 197 Å². The van der Waals surface area contributed by atoms with Crippen molar-refractivity contribution in [2.24, 2.45) is 11.8 Å². The second kappa shape index (κ2) is 10.7. The molecule has 1 N–H and O–H groups in total. The number of para-hydroxylation sites is 1. The fourth-order valence-corrected chi connectivity index (χ4v) is 4.97. The third kappa shape index (κ3) is 5.27. The molecule has 4 heteroatoms. The average Bonchev–Trinajstić information content (AvgIpc) is 2.88. The largest absolute Gasteiger partial charge is 0.492 e. The van der Waals surface area contributed by atoms with Crippen LogP contribution in [0.4, 0.5) is 0 Å². The smallest absolute Gasteiger partial charge is 0.137 e. The van der Waals surface area contributed by atoms with E-state index in [-0.39, 0.29) is 5.92 Å². The van der Waals surface area contributed by atoms with E-state index in [2.05, 4.69) is 17.9 Å². The van der Waals surface area contributed by atoms with E-state index >= 15 is 0 Å². The molecule has 0 bridgehead atoms. The Morgan fingerprint density at radius 1 is 0.939 bits per heavy atom. The van der Waals surface area contributed by atoms with Crippen LogP contribution in [-0.2, 0) is 5.60 Å². The van der Waals surface area contributed by atoms with Gasteiger partial charge in [-0.15, -0.1) is 0 Å². The highest BCUT2D eigenvalue weighted by Gasteiger charge is 2.41. The molecule has 1 atom stereocenters. The van der Waals surface area contributed by atoms with Crippen LogP contribution in [0.5, 0.6) is 5.75 Å². The first-order valence-corrected chi connectivity index (χ1v) is 11.8. The minimum Gasteiger partial charge on any atom is -0.492 e. The molecule has 0 radical (unpaired) electrons. The zero-order chi connectivity index (χ0) is 23.1.